The number of benzene rings is 2. The van der Waals surface area contributed by atoms with Gasteiger partial charge in [0, 0.05) is 10.0 Å². The Bertz CT molecular complexity index is 425. The molecular formula is C12H10Cl2N2O. The zero-order valence-electron chi connectivity index (χ0n) is 8.78. The second-order valence-corrected chi connectivity index (χ2v) is 4.19. The van der Waals surface area contributed by atoms with Gasteiger partial charge in [-0.15, -0.1) is 0 Å². The molecule has 2 rings (SSSR count). The van der Waals surface area contributed by atoms with Gasteiger partial charge in [-0.1, -0.05) is 23.2 Å². The van der Waals surface area contributed by atoms with Crippen LogP contribution in [-0.4, -0.2) is 0 Å². The zero-order valence-corrected chi connectivity index (χ0v) is 10.3. The van der Waals surface area contributed by atoms with Gasteiger partial charge >= 0.3 is 0 Å². The van der Waals surface area contributed by atoms with Crippen LogP contribution in [0.3, 0.4) is 0 Å². The van der Waals surface area contributed by atoms with Gasteiger partial charge < -0.3 is 0 Å². The topological polar surface area (TPSA) is 33.3 Å². The summed E-state index contributed by atoms with van der Waals surface area (Å²) in [5.74, 6) is 0. The van der Waals surface area contributed by atoms with Gasteiger partial charge in [-0.3, -0.25) is 0 Å². The van der Waals surface area contributed by atoms with Crippen molar-refractivity contribution in [3.8, 4) is 0 Å². The second kappa shape index (κ2) is 5.77. The third-order valence-electron chi connectivity index (χ3n) is 2.03. The van der Waals surface area contributed by atoms with Gasteiger partial charge in [-0.05, 0) is 48.5 Å². The van der Waals surface area contributed by atoms with Crippen LogP contribution < -0.4 is 11.0 Å². The van der Waals surface area contributed by atoms with Crippen LogP contribution in [0.5, 0.6) is 0 Å². The highest BCUT2D eigenvalue weighted by molar-refractivity contribution is 6.30. The van der Waals surface area contributed by atoms with Crippen LogP contribution in [0, 0.1) is 0 Å². The van der Waals surface area contributed by atoms with Crippen molar-refractivity contribution < 1.29 is 4.94 Å². The number of hydrogen-bond acceptors (Lipinski definition) is 3. The van der Waals surface area contributed by atoms with E-state index in [1.807, 2.05) is 24.3 Å². The Hall–Kier alpha value is -1.42. The van der Waals surface area contributed by atoms with E-state index in [0.717, 1.165) is 11.4 Å². The van der Waals surface area contributed by atoms with Crippen LogP contribution in [0.25, 0.3) is 0 Å². The minimum Gasteiger partial charge on any atom is -0.242 e. The fraction of sp³-hybridized carbons (Fsp3) is 0. The largest absolute Gasteiger partial charge is 0.242 e. The molecule has 0 saturated carbocycles. The predicted octanol–water partition coefficient (Wildman–Crippen LogP) is 4.36. The summed E-state index contributed by atoms with van der Waals surface area (Å²) in [5.41, 5.74) is 7.07. The smallest absolute Gasteiger partial charge is 0.0630 e. The van der Waals surface area contributed by atoms with Crippen LogP contribution in [0.2, 0.25) is 10.0 Å². The van der Waals surface area contributed by atoms with E-state index in [-0.39, 0.29) is 0 Å². The lowest BCUT2D eigenvalue weighted by Crippen LogP contribution is -2.07. The average Bonchev–Trinajstić information content (AvgIpc) is 2.34. The molecule has 0 aliphatic heterocycles. The molecule has 0 saturated heterocycles. The maximum atomic E-state index is 5.76. The molecule has 0 fully saturated rings. The highest BCUT2D eigenvalue weighted by Gasteiger charge is 1.94. The fourth-order valence-corrected chi connectivity index (χ4v) is 1.43. The Morgan fingerprint density at radius 1 is 0.647 bits per heavy atom. The third-order valence-corrected chi connectivity index (χ3v) is 2.53. The van der Waals surface area contributed by atoms with Crippen molar-refractivity contribution in [3.05, 3.63) is 58.6 Å². The molecule has 0 atom stereocenters. The van der Waals surface area contributed by atoms with Crippen LogP contribution in [0.4, 0.5) is 11.4 Å². The van der Waals surface area contributed by atoms with Crippen LogP contribution in [-0.2, 0) is 4.94 Å². The summed E-state index contributed by atoms with van der Waals surface area (Å²) in [6, 6.07) is 14.3. The molecule has 2 aromatic carbocycles. The molecule has 0 unspecified atom stereocenters. The molecule has 88 valence electrons. The summed E-state index contributed by atoms with van der Waals surface area (Å²) in [7, 11) is 0. The Labute approximate surface area is 109 Å². The Balaban J connectivity index is 1.83. The number of halogens is 2. The lowest BCUT2D eigenvalue weighted by Gasteiger charge is -2.08. The molecule has 3 nitrogen and oxygen atoms in total. The minimum absolute atomic E-state index is 0.682. The monoisotopic (exact) mass is 268 g/mol. The Kier molecular flexibility index (Phi) is 4.09. The van der Waals surface area contributed by atoms with E-state index in [0.29, 0.717) is 10.0 Å². The van der Waals surface area contributed by atoms with Crippen LogP contribution >= 0.6 is 23.2 Å². The molecule has 0 amide bonds. The van der Waals surface area contributed by atoms with E-state index in [4.69, 9.17) is 28.1 Å². The maximum Gasteiger partial charge on any atom is 0.0630 e. The van der Waals surface area contributed by atoms with Crippen LogP contribution in [0.15, 0.2) is 48.5 Å². The summed E-state index contributed by atoms with van der Waals surface area (Å²) in [6.45, 7) is 0. The average molecular weight is 269 g/mol. The van der Waals surface area contributed by atoms with Gasteiger partial charge in [-0.25, -0.2) is 11.0 Å². The zero-order chi connectivity index (χ0) is 12.1. The maximum absolute atomic E-state index is 5.76. The molecule has 0 radical (unpaired) electrons. The van der Waals surface area contributed by atoms with E-state index >= 15 is 0 Å². The number of nitrogens with one attached hydrogen (secondary N) is 2. The molecule has 0 bridgehead atoms. The molecular weight excluding hydrogens is 259 g/mol. The summed E-state index contributed by atoms with van der Waals surface area (Å²) in [4.78, 5) is 5.10. The number of hydrogen-bond donors (Lipinski definition) is 2. The van der Waals surface area contributed by atoms with E-state index in [2.05, 4.69) is 11.0 Å². The van der Waals surface area contributed by atoms with Gasteiger partial charge in [0.15, 0.2) is 0 Å². The highest BCUT2D eigenvalue weighted by Crippen LogP contribution is 2.15. The van der Waals surface area contributed by atoms with Gasteiger partial charge in [0.1, 0.15) is 0 Å². The molecule has 17 heavy (non-hydrogen) atoms. The first-order valence-corrected chi connectivity index (χ1v) is 5.68. The van der Waals surface area contributed by atoms with E-state index in [1.165, 1.54) is 0 Å². The number of rotatable bonds is 4. The van der Waals surface area contributed by atoms with Gasteiger partial charge in [0.05, 0.1) is 11.4 Å². The lowest BCUT2D eigenvalue weighted by molar-refractivity contribution is 0.264. The van der Waals surface area contributed by atoms with Crippen LogP contribution in [0.1, 0.15) is 0 Å². The second-order valence-electron chi connectivity index (χ2n) is 3.32. The van der Waals surface area contributed by atoms with Gasteiger partial charge in [0.25, 0.3) is 0 Å². The SMILES string of the molecule is Clc1ccc(NONc2ccc(Cl)cc2)cc1. The van der Waals surface area contributed by atoms with Crippen molar-refractivity contribution >= 4 is 34.6 Å². The summed E-state index contributed by atoms with van der Waals surface area (Å²) in [5, 5.41) is 1.36. The quantitative estimate of drug-likeness (QED) is 0.809. The highest BCUT2D eigenvalue weighted by atomic mass is 35.5. The van der Waals surface area contributed by atoms with Crippen molar-refractivity contribution in [2.45, 2.75) is 0 Å². The Morgan fingerprint density at radius 3 is 1.35 bits per heavy atom. The third kappa shape index (κ3) is 3.82. The van der Waals surface area contributed by atoms with E-state index < -0.39 is 0 Å². The van der Waals surface area contributed by atoms with Gasteiger partial charge in [0.2, 0.25) is 0 Å². The summed E-state index contributed by atoms with van der Waals surface area (Å²) in [6.07, 6.45) is 0. The molecule has 0 spiro atoms. The molecule has 0 aliphatic rings. The van der Waals surface area contributed by atoms with Crippen molar-refractivity contribution in [3.63, 3.8) is 0 Å². The lowest BCUT2D eigenvalue weighted by atomic mass is 10.3. The van der Waals surface area contributed by atoms with Crippen molar-refractivity contribution in [2.75, 3.05) is 11.0 Å². The molecule has 2 aromatic rings. The van der Waals surface area contributed by atoms with Crippen molar-refractivity contribution in [2.24, 2.45) is 0 Å². The molecule has 0 aromatic heterocycles. The Morgan fingerprint density at radius 2 is 1.00 bits per heavy atom. The molecule has 5 heteroatoms. The standard InChI is InChI=1S/C12H10Cl2N2O/c13-9-1-5-11(6-2-9)15-17-16-12-7-3-10(14)4-8-12/h1-8,15-16H. The van der Waals surface area contributed by atoms with E-state index in [9.17, 15) is 0 Å². The van der Waals surface area contributed by atoms with Crippen molar-refractivity contribution in [1.29, 1.82) is 0 Å². The minimum atomic E-state index is 0.682. The molecule has 0 heterocycles. The number of anilines is 2. The first-order chi connectivity index (χ1) is 8.24. The molecule has 2 N–H and O–H groups in total. The summed E-state index contributed by atoms with van der Waals surface area (Å²) < 4.78 is 0. The first-order valence-electron chi connectivity index (χ1n) is 4.93. The first kappa shape index (κ1) is 12.0. The van der Waals surface area contributed by atoms with Gasteiger partial charge in [-0.2, -0.15) is 4.94 Å². The normalized spacial score (nSPS) is 10.0. The fourth-order valence-electron chi connectivity index (χ4n) is 1.18. The van der Waals surface area contributed by atoms with Crippen molar-refractivity contribution in [1.82, 2.24) is 0 Å². The van der Waals surface area contributed by atoms with E-state index in [1.54, 1.807) is 24.3 Å². The summed E-state index contributed by atoms with van der Waals surface area (Å²) >= 11 is 11.5. The molecule has 0 aliphatic carbocycles. The predicted molar refractivity (Wildman–Crippen MR) is 71.2 cm³/mol.